The number of nitrogens with zero attached hydrogens (tertiary/aromatic N) is 3. The smallest absolute Gasteiger partial charge is 0.365 e. The van der Waals surface area contributed by atoms with Crippen molar-refractivity contribution in [2.24, 2.45) is 5.73 Å². The molecule has 88 valence electrons. The molecule has 0 atom stereocenters. The van der Waals surface area contributed by atoms with Gasteiger partial charge in [-0.3, -0.25) is 9.48 Å². The van der Waals surface area contributed by atoms with E-state index in [4.69, 9.17) is 10.8 Å². The summed E-state index contributed by atoms with van der Waals surface area (Å²) in [5.74, 6) is -1.66. The Hall–Kier alpha value is -2.22. The highest BCUT2D eigenvalue weighted by atomic mass is 32.1. The van der Waals surface area contributed by atoms with Crippen LogP contribution >= 0.6 is 11.3 Å². The van der Waals surface area contributed by atoms with Crippen LogP contribution < -0.4 is 5.73 Å². The highest BCUT2D eigenvalue weighted by molar-refractivity contribution is 7.11. The Morgan fingerprint density at radius 1 is 1.53 bits per heavy atom. The Labute approximate surface area is 99.5 Å². The number of carbonyl (C=O) groups excluding carboxylic acids is 1. The minimum absolute atomic E-state index is 0.0299. The third-order valence-corrected chi connectivity index (χ3v) is 2.83. The molecule has 3 N–H and O–H groups in total. The maximum atomic E-state index is 10.8. The number of amides is 1. The second-order valence-electron chi connectivity index (χ2n) is 3.21. The molecule has 0 fully saturated rings. The van der Waals surface area contributed by atoms with E-state index in [2.05, 4.69) is 10.1 Å². The average Bonchev–Trinajstić information content (AvgIpc) is 2.87. The zero-order valence-electron chi connectivity index (χ0n) is 8.53. The molecule has 0 unspecified atom stereocenters. The minimum atomic E-state index is -1.06. The molecular weight excluding hydrogens is 244 g/mol. The molecule has 17 heavy (non-hydrogen) atoms. The molecule has 7 nitrogen and oxygen atoms in total. The second kappa shape index (κ2) is 4.34. The first-order chi connectivity index (χ1) is 8.06. The Balaban J connectivity index is 2.13. The quantitative estimate of drug-likeness (QED) is 0.806. The van der Waals surface area contributed by atoms with Crippen molar-refractivity contribution < 1.29 is 14.7 Å². The Bertz CT molecular complexity index is 524. The minimum Gasteiger partial charge on any atom is -0.476 e. The third kappa shape index (κ3) is 2.48. The first-order valence-electron chi connectivity index (χ1n) is 4.57. The standard InChI is InChI=1S/C9H8N4O3S/c10-7(14)6-1-2-13(12-6)3-5-4-17-8(11-5)9(15)16/h1-2,4H,3H2,(H2,10,14)(H,15,16). The van der Waals surface area contributed by atoms with Gasteiger partial charge in [0.1, 0.15) is 5.69 Å². The number of carboxylic acids is 1. The first kappa shape index (κ1) is 11.3. The normalized spacial score (nSPS) is 10.4. The number of carboxylic acid groups (broad SMARTS) is 1. The lowest BCUT2D eigenvalue weighted by molar-refractivity contribution is 0.0696. The van der Waals surface area contributed by atoms with Gasteiger partial charge in [0, 0.05) is 11.6 Å². The van der Waals surface area contributed by atoms with E-state index >= 15 is 0 Å². The van der Waals surface area contributed by atoms with Crippen LogP contribution in [-0.4, -0.2) is 31.7 Å². The maximum absolute atomic E-state index is 10.8. The predicted molar refractivity (Wildman–Crippen MR) is 58.9 cm³/mol. The number of thiazole rings is 1. The van der Waals surface area contributed by atoms with Gasteiger partial charge in [0.25, 0.3) is 5.91 Å². The molecule has 1 amide bonds. The van der Waals surface area contributed by atoms with Crippen LogP contribution in [0, 0.1) is 0 Å². The van der Waals surface area contributed by atoms with E-state index in [0.717, 1.165) is 11.3 Å². The van der Waals surface area contributed by atoms with Crippen LogP contribution in [0.1, 0.15) is 26.0 Å². The summed E-state index contributed by atoms with van der Waals surface area (Å²) in [6, 6.07) is 1.49. The lowest BCUT2D eigenvalue weighted by atomic mass is 10.4. The lowest BCUT2D eigenvalue weighted by Gasteiger charge is -1.96. The largest absolute Gasteiger partial charge is 0.476 e. The molecule has 0 aliphatic rings. The summed E-state index contributed by atoms with van der Waals surface area (Å²) >= 11 is 1.05. The van der Waals surface area contributed by atoms with Crippen molar-refractivity contribution in [1.29, 1.82) is 0 Å². The number of hydrogen-bond acceptors (Lipinski definition) is 5. The Morgan fingerprint density at radius 2 is 2.29 bits per heavy atom. The predicted octanol–water partition coefficient (Wildman–Crippen LogP) is 0.185. The van der Waals surface area contributed by atoms with Crippen molar-refractivity contribution in [3.8, 4) is 0 Å². The van der Waals surface area contributed by atoms with Crippen molar-refractivity contribution in [3.05, 3.63) is 34.0 Å². The molecule has 2 aromatic heterocycles. The van der Waals surface area contributed by atoms with Gasteiger partial charge in [-0.25, -0.2) is 9.78 Å². The van der Waals surface area contributed by atoms with E-state index in [0.29, 0.717) is 12.2 Å². The Kier molecular flexibility index (Phi) is 2.88. The third-order valence-electron chi connectivity index (χ3n) is 1.95. The van der Waals surface area contributed by atoms with Crippen molar-refractivity contribution >= 4 is 23.2 Å². The molecule has 0 aromatic carbocycles. The van der Waals surface area contributed by atoms with Crippen molar-refractivity contribution in [3.63, 3.8) is 0 Å². The number of nitrogens with two attached hydrogens (primary N) is 1. The molecule has 0 aliphatic carbocycles. The number of primary amides is 1. The monoisotopic (exact) mass is 252 g/mol. The summed E-state index contributed by atoms with van der Waals surface area (Å²) in [6.07, 6.45) is 1.58. The molecular formula is C9H8N4O3S. The summed E-state index contributed by atoms with van der Waals surface area (Å²) in [5.41, 5.74) is 5.80. The molecule has 2 aromatic rings. The highest BCUT2D eigenvalue weighted by Gasteiger charge is 2.10. The van der Waals surface area contributed by atoms with Gasteiger partial charge in [-0.15, -0.1) is 11.3 Å². The van der Waals surface area contributed by atoms with Crippen LogP contribution in [-0.2, 0) is 6.54 Å². The maximum Gasteiger partial charge on any atom is 0.365 e. The number of aromatic carboxylic acids is 1. The lowest BCUT2D eigenvalue weighted by Crippen LogP contribution is -2.12. The molecule has 0 saturated carbocycles. The zero-order valence-corrected chi connectivity index (χ0v) is 9.35. The van der Waals surface area contributed by atoms with E-state index in [-0.39, 0.29) is 10.7 Å². The zero-order chi connectivity index (χ0) is 12.4. The summed E-state index contributed by atoms with van der Waals surface area (Å²) in [6.45, 7) is 0.303. The summed E-state index contributed by atoms with van der Waals surface area (Å²) in [7, 11) is 0. The van der Waals surface area contributed by atoms with E-state index in [1.54, 1.807) is 11.6 Å². The highest BCUT2D eigenvalue weighted by Crippen LogP contribution is 2.10. The van der Waals surface area contributed by atoms with Crippen LogP contribution in [0.3, 0.4) is 0 Å². The topological polar surface area (TPSA) is 111 Å². The number of carbonyl (C=O) groups is 2. The van der Waals surface area contributed by atoms with Gasteiger partial charge in [0.2, 0.25) is 5.01 Å². The molecule has 2 heterocycles. The molecule has 8 heteroatoms. The van der Waals surface area contributed by atoms with E-state index in [9.17, 15) is 9.59 Å². The number of hydrogen-bond donors (Lipinski definition) is 2. The van der Waals surface area contributed by atoms with Gasteiger partial charge in [-0.05, 0) is 6.07 Å². The average molecular weight is 252 g/mol. The number of rotatable bonds is 4. The van der Waals surface area contributed by atoms with E-state index in [1.165, 1.54) is 10.7 Å². The van der Waals surface area contributed by atoms with Crippen LogP contribution in [0.5, 0.6) is 0 Å². The second-order valence-corrected chi connectivity index (χ2v) is 4.07. The van der Waals surface area contributed by atoms with Crippen molar-refractivity contribution in [2.45, 2.75) is 6.54 Å². The molecule has 0 radical (unpaired) electrons. The van der Waals surface area contributed by atoms with Crippen molar-refractivity contribution in [2.75, 3.05) is 0 Å². The van der Waals surface area contributed by atoms with Gasteiger partial charge in [-0.2, -0.15) is 5.10 Å². The van der Waals surface area contributed by atoms with Crippen LogP contribution in [0.25, 0.3) is 0 Å². The van der Waals surface area contributed by atoms with Gasteiger partial charge in [0.15, 0.2) is 0 Å². The summed E-state index contributed by atoms with van der Waals surface area (Å²) in [4.78, 5) is 25.3. The molecule has 0 aliphatic heterocycles. The Morgan fingerprint density at radius 3 is 2.82 bits per heavy atom. The molecule has 0 saturated heterocycles. The van der Waals surface area contributed by atoms with Crippen LogP contribution in [0.15, 0.2) is 17.6 Å². The van der Waals surface area contributed by atoms with Gasteiger partial charge in [0.05, 0.1) is 12.2 Å². The fraction of sp³-hybridized carbons (Fsp3) is 0.111. The van der Waals surface area contributed by atoms with Gasteiger partial charge >= 0.3 is 5.97 Å². The number of aromatic nitrogens is 3. The van der Waals surface area contributed by atoms with Gasteiger partial charge < -0.3 is 10.8 Å². The molecule has 2 rings (SSSR count). The molecule has 0 bridgehead atoms. The fourth-order valence-corrected chi connectivity index (χ4v) is 1.87. The van der Waals surface area contributed by atoms with E-state index < -0.39 is 11.9 Å². The van der Waals surface area contributed by atoms with Crippen LogP contribution in [0.2, 0.25) is 0 Å². The first-order valence-corrected chi connectivity index (χ1v) is 5.45. The van der Waals surface area contributed by atoms with E-state index in [1.807, 2.05) is 0 Å². The van der Waals surface area contributed by atoms with Crippen LogP contribution in [0.4, 0.5) is 0 Å². The SMILES string of the molecule is NC(=O)c1ccn(Cc2csc(C(=O)O)n2)n1. The fourth-order valence-electron chi connectivity index (χ4n) is 1.22. The van der Waals surface area contributed by atoms with Gasteiger partial charge in [-0.1, -0.05) is 0 Å². The molecule has 0 spiro atoms. The summed E-state index contributed by atoms with van der Waals surface area (Å²) in [5, 5.41) is 14.3. The summed E-state index contributed by atoms with van der Waals surface area (Å²) < 4.78 is 1.47. The van der Waals surface area contributed by atoms with Crippen molar-refractivity contribution in [1.82, 2.24) is 14.8 Å².